The Morgan fingerprint density at radius 3 is 2.87 bits per heavy atom. The summed E-state index contributed by atoms with van der Waals surface area (Å²) in [5, 5.41) is 3.04. The van der Waals surface area contributed by atoms with Crippen LogP contribution in [0, 0.1) is 0 Å². The lowest BCUT2D eigenvalue weighted by Crippen LogP contribution is -2.01. The van der Waals surface area contributed by atoms with Crippen LogP contribution >= 0.6 is 31.9 Å². The normalized spacial score (nSPS) is 10.3. The van der Waals surface area contributed by atoms with Crippen LogP contribution in [0.25, 0.3) is 5.69 Å². The monoisotopic (exact) mass is 329 g/mol. The van der Waals surface area contributed by atoms with Gasteiger partial charge in [0.2, 0.25) is 5.95 Å². The quantitative estimate of drug-likeness (QED) is 0.914. The minimum atomic E-state index is 0.814. The lowest BCUT2D eigenvalue weighted by Gasteiger charge is -2.09. The molecule has 0 radical (unpaired) electrons. The molecule has 1 N–H and O–H groups in total. The summed E-state index contributed by atoms with van der Waals surface area (Å²) < 4.78 is 4.05. The van der Waals surface area contributed by atoms with Gasteiger partial charge in [0.15, 0.2) is 0 Å². The van der Waals surface area contributed by atoms with Crippen molar-refractivity contribution in [1.29, 1.82) is 0 Å². The van der Waals surface area contributed by atoms with Crippen molar-refractivity contribution in [3.8, 4) is 5.69 Å². The van der Waals surface area contributed by atoms with Crippen LogP contribution in [-0.2, 0) is 0 Å². The summed E-state index contributed by atoms with van der Waals surface area (Å²) in [6.07, 6.45) is 3.68. The number of benzene rings is 1. The molecule has 5 heteroatoms. The standard InChI is InChI=1S/C10H9Br2N3/c1-13-10-14-4-5-15(10)9-6-7(11)2-3-8(9)12/h2-6H,1H3,(H,13,14). The maximum Gasteiger partial charge on any atom is 0.207 e. The van der Waals surface area contributed by atoms with E-state index >= 15 is 0 Å². The maximum absolute atomic E-state index is 4.20. The average Bonchev–Trinajstić information content (AvgIpc) is 2.69. The van der Waals surface area contributed by atoms with Gasteiger partial charge >= 0.3 is 0 Å². The Bertz CT molecular complexity index is 479. The molecule has 1 aromatic carbocycles. The van der Waals surface area contributed by atoms with Crippen molar-refractivity contribution >= 4 is 37.8 Å². The van der Waals surface area contributed by atoms with E-state index in [-0.39, 0.29) is 0 Å². The Morgan fingerprint density at radius 2 is 2.13 bits per heavy atom. The molecule has 0 saturated carbocycles. The second-order valence-corrected chi connectivity index (χ2v) is 4.74. The predicted octanol–water partition coefficient (Wildman–Crippen LogP) is 3.44. The number of nitrogens with one attached hydrogen (secondary N) is 1. The number of aromatic nitrogens is 2. The molecule has 0 atom stereocenters. The molecular weight excluding hydrogens is 322 g/mol. The molecule has 2 rings (SSSR count). The summed E-state index contributed by atoms with van der Waals surface area (Å²) in [5.41, 5.74) is 1.05. The first-order chi connectivity index (χ1) is 7.22. The van der Waals surface area contributed by atoms with Crippen molar-refractivity contribution in [1.82, 2.24) is 9.55 Å². The molecule has 0 aliphatic heterocycles. The third-order valence-electron chi connectivity index (χ3n) is 2.03. The van der Waals surface area contributed by atoms with E-state index in [0.29, 0.717) is 0 Å². The number of hydrogen-bond acceptors (Lipinski definition) is 2. The number of anilines is 1. The Morgan fingerprint density at radius 1 is 1.33 bits per heavy atom. The van der Waals surface area contributed by atoms with E-state index in [0.717, 1.165) is 20.6 Å². The van der Waals surface area contributed by atoms with Gasteiger partial charge in [-0.1, -0.05) is 15.9 Å². The highest BCUT2D eigenvalue weighted by Crippen LogP contribution is 2.26. The third-order valence-corrected chi connectivity index (χ3v) is 3.20. The number of halogens is 2. The van der Waals surface area contributed by atoms with Crippen LogP contribution in [0.1, 0.15) is 0 Å². The summed E-state index contributed by atoms with van der Waals surface area (Å²) in [6, 6.07) is 6.02. The van der Waals surface area contributed by atoms with Crippen molar-refractivity contribution in [2.24, 2.45) is 0 Å². The minimum Gasteiger partial charge on any atom is -0.358 e. The van der Waals surface area contributed by atoms with Crippen molar-refractivity contribution in [3.63, 3.8) is 0 Å². The Hall–Kier alpha value is -0.810. The summed E-state index contributed by atoms with van der Waals surface area (Å²) in [4.78, 5) is 4.20. The van der Waals surface area contributed by atoms with E-state index in [4.69, 9.17) is 0 Å². The predicted molar refractivity (Wildman–Crippen MR) is 68.5 cm³/mol. The van der Waals surface area contributed by atoms with Gasteiger partial charge in [-0.2, -0.15) is 0 Å². The van der Waals surface area contributed by atoms with Crippen LogP contribution in [-0.4, -0.2) is 16.6 Å². The van der Waals surface area contributed by atoms with Gasteiger partial charge in [0.05, 0.1) is 5.69 Å². The molecule has 1 heterocycles. The highest BCUT2D eigenvalue weighted by atomic mass is 79.9. The molecule has 0 bridgehead atoms. The zero-order valence-corrected chi connectivity index (χ0v) is 11.2. The number of nitrogens with zero attached hydrogens (tertiary/aromatic N) is 2. The summed E-state index contributed by atoms with van der Waals surface area (Å²) >= 11 is 6.97. The van der Waals surface area contributed by atoms with Crippen LogP contribution in [0.2, 0.25) is 0 Å². The fourth-order valence-electron chi connectivity index (χ4n) is 1.35. The second kappa shape index (κ2) is 4.37. The zero-order valence-electron chi connectivity index (χ0n) is 8.04. The van der Waals surface area contributed by atoms with E-state index < -0.39 is 0 Å². The first-order valence-corrected chi connectivity index (χ1v) is 5.97. The molecule has 0 fully saturated rings. The number of rotatable bonds is 2. The van der Waals surface area contributed by atoms with Crippen molar-refractivity contribution in [2.45, 2.75) is 0 Å². The fourth-order valence-corrected chi connectivity index (χ4v) is 2.14. The van der Waals surface area contributed by atoms with Crippen molar-refractivity contribution < 1.29 is 0 Å². The number of hydrogen-bond donors (Lipinski definition) is 1. The van der Waals surface area contributed by atoms with Gasteiger partial charge in [0, 0.05) is 28.4 Å². The highest BCUT2D eigenvalue weighted by molar-refractivity contribution is 9.11. The van der Waals surface area contributed by atoms with Gasteiger partial charge in [-0.05, 0) is 34.1 Å². The lowest BCUT2D eigenvalue weighted by atomic mass is 10.3. The summed E-state index contributed by atoms with van der Waals surface area (Å²) in [6.45, 7) is 0. The van der Waals surface area contributed by atoms with Crippen LogP contribution in [0.3, 0.4) is 0 Å². The maximum atomic E-state index is 4.20. The summed E-state index contributed by atoms with van der Waals surface area (Å²) in [7, 11) is 1.85. The fraction of sp³-hybridized carbons (Fsp3) is 0.100. The van der Waals surface area contributed by atoms with Crippen LogP contribution < -0.4 is 5.32 Å². The van der Waals surface area contributed by atoms with E-state index in [1.54, 1.807) is 6.20 Å². The van der Waals surface area contributed by atoms with E-state index in [9.17, 15) is 0 Å². The Kier molecular flexibility index (Phi) is 3.11. The molecular formula is C10H9Br2N3. The Labute approximate surface area is 105 Å². The van der Waals surface area contributed by atoms with Crippen LogP contribution in [0.15, 0.2) is 39.5 Å². The van der Waals surface area contributed by atoms with Crippen LogP contribution in [0.5, 0.6) is 0 Å². The van der Waals surface area contributed by atoms with Gasteiger partial charge < -0.3 is 5.32 Å². The van der Waals surface area contributed by atoms with Gasteiger partial charge in [-0.3, -0.25) is 4.57 Å². The number of imidazole rings is 1. The minimum absolute atomic E-state index is 0.814. The molecule has 0 aliphatic carbocycles. The van der Waals surface area contributed by atoms with Crippen molar-refractivity contribution in [3.05, 3.63) is 39.5 Å². The Balaban J connectivity index is 2.58. The first kappa shape index (κ1) is 10.7. The molecule has 78 valence electrons. The van der Waals surface area contributed by atoms with E-state index in [1.807, 2.05) is 36.0 Å². The van der Waals surface area contributed by atoms with Crippen molar-refractivity contribution in [2.75, 3.05) is 12.4 Å². The molecule has 3 nitrogen and oxygen atoms in total. The smallest absolute Gasteiger partial charge is 0.207 e. The average molecular weight is 331 g/mol. The first-order valence-electron chi connectivity index (χ1n) is 4.39. The largest absolute Gasteiger partial charge is 0.358 e. The molecule has 0 spiro atoms. The SMILES string of the molecule is CNc1nccn1-c1cc(Br)ccc1Br. The van der Waals surface area contributed by atoms with E-state index in [2.05, 4.69) is 42.2 Å². The van der Waals surface area contributed by atoms with Gasteiger partial charge in [-0.25, -0.2) is 4.98 Å². The zero-order chi connectivity index (χ0) is 10.8. The molecule has 15 heavy (non-hydrogen) atoms. The van der Waals surface area contributed by atoms with E-state index in [1.165, 1.54) is 0 Å². The van der Waals surface area contributed by atoms with Gasteiger partial charge in [0.25, 0.3) is 0 Å². The highest BCUT2D eigenvalue weighted by Gasteiger charge is 2.06. The van der Waals surface area contributed by atoms with Gasteiger partial charge in [0.1, 0.15) is 0 Å². The molecule has 0 aliphatic rings. The second-order valence-electron chi connectivity index (χ2n) is 2.97. The van der Waals surface area contributed by atoms with Crippen LogP contribution in [0.4, 0.5) is 5.95 Å². The van der Waals surface area contributed by atoms with Gasteiger partial charge in [-0.15, -0.1) is 0 Å². The molecule has 1 aromatic heterocycles. The lowest BCUT2D eigenvalue weighted by molar-refractivity contribution is 1.05. The molecule has 2 aromatic rings. The summed E-state index contributed by atoms with van der Waals surface area (Å²) in [5.74, 6) is 0.814. The molecule has 0 unspecified atom stereocenters. The topological polar surface area (TPSA) is 29.9 Å². The third kappa shape index (κ3) is 2.08. The molecule has 0 amide bonds. The molecule has 0 saturated heterocycles.